The third-order valence-corrected chi connectivity index (χ3v) is 5.63. The summed E-state index contributed by atoms with van der Waals surface area (Å²) in [7, 11) is 0. The van der Waals surface area contributed by atoms with Crippen LogP contribution in [0, 0.1) is 18.7 Å². The van der Waals surface area contributed by atoms with Crippen molar-refractivity contribution in [3.63, 3.8) is 0 Å². The van der Waals surface area contributed by atoms with Crippen LogP contribution in [0.3, 0.4) is 0 Å². The molecule has 5 rings (SSSR count). The third kappa shape index (κ3) is 2.88. The molecular formula is C24H19FN2O3. The Hall–Kier alpha value is -3.51. The van der Waals surface area contributed by atoms with E-state index in [-0.39, 0.29) is 5.91 Å². The van der Waals surface area contributed by atoms with Gasteiger partial charge in [-0.3, -0.25) is 14.4 Å². The zero-order valence-electron chi connectivity index (χ0n) is 16.2. The minimum Gasteiger partial charge on any atom is -0.273 e. The predicted molar refractivity (Wildman–Crippen MR) is 110 cm³/mol. The number of carbonyl (C=O) groups is 2. The highest BCUT2D eigenvalue weighted by Gasteiger charge is 2.60. The summed E-state index contributed by atoms with van der Waals surface area (Å²) in [5.74, 6) is -1.92. The molecule has 3 aromatic rings. The second-order valence-corrected chi connectivity index (χ2v) is 7.56. The minimum absolute atomic E-state index is 0.346. The lowest BCUT2D eigenvalue weighted by Gasteiger charge is -2.28. The second-order valence-electron chi connectivity index (χ2n) is 7.56. The number of amides is 2. The van der Waals surface area contributed by atoms with Crippen molar-refractivity contribution in [2.45, 2.75) is 19.1 Å². The van der Waals surface area contributed by atoms with E-state index in [0.29, 0.717) is 5.69 Å². The molecule has 0 N–H and O–H groups in total. The monoisotopic (exact) mass is 402 g/mol. The fourth-order valence-corrected chi connectivity index (χ4v) is 4.16. The Morgan fingerprint density at radius 2 is 1.47 bits per heavy atom. The number of halogens is 1. The van der Waals surface area contributed by atoms with Crippen molar-refractivity contribution >= 4 is 23.2 Å². The van der Waals surface area contributed by atoms with Gasteiger partial charge >= 0.3 is 0 Å². The molecule has 2 aliphatic heterocycles. The molecule has 0 aromatic heterocycles. The van der Waals surface area contributed by atoms with E-state index in [2.05, 4.69) is 0 Å². The number of imide groups is 1. The van der Waals surface area contributed by atoms with Gasteiger partial charge in [0.1, 0.15) is 11.7 Å². The maximum Gasteiger partial charge on any atom is 0.266 e. The van der Waals surface area contributed by atoms with Crippen molar-refractivity contribution in [2.75, 3.05) is 9.96 Å². The van der Waals surface area contributed by atoms with Gasteiger partial charge < -0.3 is 0 Å². The Morgan fingerprint density at radius 3 is 2.13 bits per heavy atom. The van der Waals surface area contributed by atoms with Crippen molar-refractivity contribution in [3.8, 4) is 0 Å². The fraction of sp³-hybridized carbons (Fsp3) is 0.167. The SMILES string of the molecule is Cc1ccc([C@@H]2[C@H]3C(=O)N(c4ccc(F)cc4)C(=O)[C@H]3ON2c2ccccc2)cc1. The molecule has 2 saturated heterocycles. The third-order valence-electron chi connectivity index (χ3n) is 5.63. The predicted octanol–water partition coefficient (Wildman–Crippen LogP) is 4.19. The quantitative estimate of drug-likeness (QED) is 0.617. The van der Waals surface area contributed by atoms with Crippen molar-refractivity contribution in [1.29, 1.82) is 0 Å². The van der Waals surface area contributed by atoms with Crippen LogP contribution >= 0.6 is 0 Å². The number of para-hydroxylation sites is 1. The number of nitrogens with zero attached hydrogens (tertiary/aromatic N) is 2. The minimum atomic E-state index is -0.936. The molecule has 2 heterocycles. The van der Waals surface area contributed by atoms with E-state index >= 15 is 0 Å². The fourth-order valence-electron chi connectivity index (χ4n) is 4.16. The summed E-state index contributed by atoms with van der Waals surface area (Å²) in [5.41, 5.74) is 3.10. The van der Waals surface area contributed by atoms with Crippen molar-refractivity contribution in [3.05, 3.63) is 95.8 Å². The second kappa shape index (κ2) is 7.07. The summed E-state index contributed by atoms with van der Waals surface area (Å²) >= 11 is 0. The van der Waals surface area contributed by atoms with Gasteiger partial charge in [-0.05, 0) is 48.9 Å². The lowest BCUT2D eigenvalue weighted by atomic mass is 9.90. The van der Waals surface area contributed by atoms with Crippen LogP contribution in [0.1, 0.15) is 17.2 Å². The Balaban J connectivity index is 1.58. The number of anilines is 2. The highest BCUT2D eigenvalue weighted by atomic mass is 19.1. The van der Waals surface area contributed by atoms with Gasteiger partial charge in [0, 0.05) is 0 Å². The highest BCUT2D eigenvalue weighted by Crippen LogP contribution is 2.47. The van der Waals surface area contributed by atoms with Crippen molar-refractivity contribution < 1.29 is 18.8 Å². The normalized spacial score (nSPS) is 23.2. The molecule has 5 nitrogen and oxygen atoms in total. The number of benzene rings is 3. The Kier molecular flexibility index (Phi) is 4.37. The van der Waals surface area contributed by atoms with Gasteiger partial charge in [-0.2, -0.15) is 0 Å². The maximum absolute atomic E-state index is 13.4. The van der Waals surface area contributed by atoms with Crippen LogP contribution in [0.4, 0.5) is 15.8 Å². The molecule has 0 radical (unpaired) electrons. The van der Waals surface area contributed by atoms with Crippen LogP contribution < -0.4 is 9.96 Å². The van der Waals surface area contributed by atoms with Gasteiger partial charge in [-0.1, -0.05) is 48.0 Å². The lowest BCUT2D eigenvalue weighted by molar-refractivity contribution is -0.126. The largest absolute Gasteiger partial charge is 0.273 e. The summed E-state index contributed by atoms with van der Waals surface area (Å²) < 4.78 is 13.3. The molecule has 0 unspecified atom stereocenters. The van der Waals surface area contributed by atoms with E-state index in [1.54, 1.807) is 5.06 Å². The molecule has 3 atom stereocenters. The number of hydrogen-bond donors (Lipinski definition) is 0. The van der Waals surface area contributed by atoms with Crippen molar-refractivity contribution in [1.82, 2.24) is 0 Å². The molecule has 0 bridgehead atoms. The van der Waals surface area contributed by atoms with Crippen LogP contribution in [0.25, 0.3) is 0 Å². The Labute approximate surface area is 173 Å². The topological polar surface area (TPSA) is 49.9 Å². The number of carbonyl (C=O) groups excluding carboxylic acids is 2. The molecule has 2 fully saturated rings. The van der Waals surface area contributed by atoms with E-state index in [1.807, 2.05) is 61.5 Å². The molecule has 0 aliphatic carbocycles. The first kappa shape index (κ1) is 18.5. The zero-order valence-corrected chi connectivity index (χ0v) is 16.2. The summed E-state index contributed by atoms with van der Waals surface area (Å²) in [5, 5.41) is 1.66. The summed E-state index contributed by atoms with van der Waals surface area (Å²) in [6.07, 6.45) is -0.936. The molecule has 6 heteroatoms. The van der Waals surface area contributed by atoms with Crippen LogP contribution in [-0.4, -0.2) is 17.9 Å². The van der Waals surface area contributed by atoms with Gasteiger partial charge in [0.15, 0.2) is 6.10 Å². The van der Waals surface area contributed by atoms with Crippen LogP contribution in [0.2, 0.25) is 0 Å². The van der Waals surface area contributed by atoms with E-state index < -0.39 is 29.8 Å². The van der Waals surface area contributed by atoms with Crippen molar-refractivity contribution in [2.24, 2.45) is 5.92 Å². The molecule has 2 aliphatic rings. The summed E-state index contributed by atoms with van der Waals surface area (Å²) in [4.78, 5) is 33.7. The number of aryl methyl sites for hydroxylation is 1. The first-order chi connectivity index (χ1) is 14.5. The average molecular weight is 402 g/mol. The van der Waals surface area contributed by atoms with E-state index in [9.17, 15) is 14.0 Å². The Bertz CT molecular complexity index is 1100. The highest BCUT2D eigenvalue weighted by molar-refractivity contribution is 6.23. The molecule has 30 heavy (non-hydrogen) atoms. The molecule has 2 amide bonds. The van der Waals surface area contributed by atoms with Crippen LogP contribution in [0.5, 0.6) is 0 Å². The average Bonchev–Trinajstić information content (AvgIpc) is 3.27. The first-order valence-electron chi connectivity index (χ1n) is 9.75. The van der Waals surface area contributed by atoms with Crippen LogP contribution in [0.15, 0.2) is 78.9 Å². The van der Waals surface area contributed by atoms with Gasteiger partial charge in [-0.15, -0.1) is 0 Å². The zero-order chi connectivity index (χ0) is 20.8. The van der Waals surface area contributed by atoms with Gasteiger partial charge in [0.05, 0.1) is 17.4 Å². The van der Waals surface area contributed by atoms with Crippen LogP contribution in [-0.2, 0) is 14.4 Å². The lowest BCUT2D eigenvalue weighted by Crippen LogP contribution is -2.37. The number of hydroxylamine groups is 1. The number of hydrogen-bond acceptors (Lipinski definition) is 4. The molecule has 0 saturated carbocycles. The van der Waals surface area contributed by atoms with E-state index in [4.69, 9.17) is 4.84 Å². The summed E-state index contributed by atoms with van der Waals surface area (Å²) in [6.45, 7) is 1.99. The molecular weight excluding hydrogens is 383 g/mol. The van der Waals surface area contributed by atoms with E-state index in [0.717, 1.165) is 21.7 Å². The molecule has 150 valence electrons. The standard InChI is InChI=1S/C24H19FN2O3/c1-15-7-9-16(10-8-15)21-20-22(30-27(21)19-5-3-2-4-6-19)24(29)26(23(20)28)18-13-11-17(25)12-14-18/h2-14,20-22H,1H3/t20-,21-,22+/m1/s1. The Morgan fingerprint density at radius 1 is 0.800 bits per heavy atom. The van der Waals surface area contributed by atoms with Gasteiger partial charge in [-0.25, -0.2) is 14.4 Å². The first-order valence-corrected chi connectivity index (χ1v) is 9.75. The molecule has 3 aromatic carbocycles. The maximum atomic E-state index is 13.4. The number of rotatable bonds is 3. The molecule has 0 spiro atoms. The van der Waals surface area contributed by atoms with Gasteiger partial charge in [0.25, 0.3) is 5.91 Å². The smallest absolute Gasteiger partial charge is 0.266 e. The van der Waals surface area contributed by atoms with Gasteiger partial charge in [0.2, 0.25) is 5.91 Å². The van der Waals surface area contributed by atoms with E-state index in [1.165, 1.54) is 24.3 Å². The summed E-state index contributed by atoms with van der Waals surface area (Å²) in [6, 6.07) is 22.2. The number of fused-ring (bicyclic) bond motifs is 1.